The van der Waals surface area contributed by atoms with Gasteiger partial charge in [-0.2, -0.15) is 0 Å². The van der Waals surface area contributed by atoms with E-state index in [1.165, 1.54) is 19.3 Å². The van der Waals surface area contributed by atoms with Crippen LogP contribution in [0.3, 0.4) is 0 Å². The molecule has 1 fully saturated rings. The molecule has 88 valence electrons. The van der Waals surface area contributed by atoms with E-state index < -0.39 is 0 Å². The van der Waals surface area contributed by atoms with Crippen molar-refractivity contribution in [1.82, 2.24) is 5.32 Å². The van der Waals surface area contributed by atoms with Gasteiger partial charge in [0.15, 0.2) is 0 Å². The summed E-state index contributed by atoms with van der Waals surface area (Å²) in [6.45, 7) is 1.12. The van der Waals surface area contributed by atoms with E-state index in [1.807, 2.05) is 12.3 Å². The topological polar surface area (TPSA) is 32.3 Å². The summed E-state index contributed by atoms with van der Waals surface area (Å²) >= 11 is 1.66. The predicted molar refractivity (Wildman–Crippen MR) is 69.2 cm³/mol. The fourth-order valence-corrected chi connectivity index (χ4v) is 2.64. The van der Waals surface area contributed by atoms with Crippen LogP contribution in [-0.4, -0.2) is 23.9 Å². The molecule has 1 aromatic carbocycles. The first-order chi connectivity index (χ1) is 7.79. The number of piperidine rings is 1. The first kappa shape index (κ1) is 11.8. The maximum absolute atomic E-state index is 9.91. The number of aromatic hydroxyl groups is 1. The maximum Gasteiger partial charge on any atom is 0.119 e. The Bertz CT molecular complexity index is 348. The van der Waals surface area contributed by atoms with E-state index in [-0.39, 0.29) is 0 Å². The number of thioether (sulfide) groups is 1. The predicted octanol–water partition coefficient (Wildman–Crippen LogP) is 2.80. The van der Waals surface area contributed by atoms with Gasteiger partial charge in [0.2, 0.25) is 0 Å². The second kappa shape index (κ2) is 5.60. The zero-order chi connectivity index (χ0) is 11.4. The van der Waals surface area contributed by atoms with Crippen molar-refractivity contribution in [2.75, 3.05) is 12.8 Å². The van der Waals surface area contributed by atoms with Crippen LogP contribution in [0.5, 0.6) is 5.75 Å². The van der Waals surface area contributed by atoms with E-state index in [0.717, 1.165) is 23.4 Å². The van der Waals surface area contributed by atoms with Gasteiger partial charge in [0, 0.05) is 10.9 Å². The third-order valence-electron chi connectivity index (χ3n) is 3.17. The normalized spacial score (nSPS) is 20.9. The summed E-state index contributed by atoms with van der Waals surface area (Å²) in [5.41, 5.74) is 1.07. The van der Waals surface area contributed by atoms with E-state index in [1.54, 1.807) is 11.8 Å². The summed E-state index contributed by atoms with van der Waals surface area (Å²) in [5.74, 6) is 0.444. The minimum Gasteiger partial charge on any atom is -0.508 e. The number of nitrogens with one attached hydrogen (secondary N) is 1. The highest BCUT2D eigenvalue weighted by Gasteiger charge is 2.14. The van der Waals surface area contributed by atoms with E-state index >= 15 is 0 Å². The molecule has 0 radical (unpaired) electrons. The second-order valence-electron chi connectivity index (χ2n) is 4.35. The van der Waals surface area contributed by atoms with Crippen LogP contribution in [0.25, 0.3) is 0 Å². The number of hydrogen-bond acceptors (Lipinski definition) is 3. The van der Waals surface area contributed by atoms with Crippen molar-refractivity contribution in [3.63, 3.8) is 0 Å². The lowest BCUT2D eigenvalue weighted by atomic mass is 9.97. The molecule has 1 heterocycles. The number of rotatable bonds is 3. The second-order valence-corrected chi connectivity index (χ2v) is 5.23. The van der Waals surface area contributed by atoms with Crippen molar-refractivity contribution in [3.05, 3.63) is 23.8 Å². The Morgan fingerprint density at radius 3 is 2.94 bits per heavy atom. The van der Waals surface area contributed by atoms with Crippen molar-refractivity contribution >= 4 is 11.8 Å². The highest BCUT2D eigenvalue weighted by molar-refractivity contribution is 7.98. The van der Waals surface area contributed by atoms with Gasteiger partial charge in [0.05, 0.1) is 0 Å². The molecule has 1 unspecified atom stereocenters. The molecule has 2 N–H and O–H groups in total. The van der Waals surface area contributed by atoms with E-state index in [9.17, 15) is 5.11 Å². The highest BCUT2D eigenvalue weighted by Crippen LogP contribution is 2.26. The van der Waals surface area contributed by atoms with Gasteiger partial charge in [-0.1, -0.05) is 12.5 Å². The summed E-state index contributed by atoms with van der Waals surface area (Å²) in [7, 11) is 0. The standard InChI is InChI=1S/C13H19NOS/c1-16-12-6-5-10(13(15)9-12)8-11-4-2-3-7-14-11/h5-6,9,11,14-15H,2-4,7-8H2,1H3. The van der Waals surface area contributed by atoms with Crippen molar-refractivity contribution in [3.8, 4) is 5.75 Å². The van der Waals surface area contributed by atoms with Crippen LogP contribution in [0.2, 0.25) is 0 Å². The smallest absolute Gasteiger partial charge is 0.119 e. The Labute approximate surface area is 101 Å². The minimum absolute atomic E-state index is 0.444. The SMILES string of the molecule is CSc1ccc(CC2CCCCN2)c(O)c1. The summed E-state index contributed by atoms with van der Waals surface area (Å²) in [4.78, 5) is 1.12. The van der Waals surface area contributed by atoms with Gasteiger partial charge in [-0.25, -0.2) is 0 Å². The molecule has 0 bridgehead atoms. The molecule has 1 saturated heterocycles. The van der Waals surface area contributed by atoms with Crippen LogP contribution in [0, 0.1) is 0 Å². The molecule has 0 amide bonds. The third kappa shape index (κ3) is 2.92. The van der Waals surface area contributed by atoms with Gasteiger partial charge in [0.1, 0.15) is 5.75 Å². The van der Waals surface area contributed by atoms with E-state index in [0.29, 0.717) is 11.8 Å². The van der Waals surface area contributed by atoms with Crippen LogP contribution < -0.4 is 5.32 Å². The number of phenols is 1. The molecule has 1 atom stereocenters. The summed E-state index contributed by atoms with van der Waals surface area (Å²) < 4.78 is 0. The average Bonchev–Trinajstić information content (AvgIpc) is 2.33. The lowest BCUT2D eigenvalue weighted by Gasteiger charge is -2.23. The fraction of sp³-hybridized carbons (Fsp3) is 0.538. The molecule has 16 heavy (non-hydrogen) atoms. The molecule has 2 nitrogen and oxygen atoms in total. The monoisotopic (exact) mass is 237 g/mol. The Morgan fingerprint density at radius 2 is 2.31 bits per heavy atom. The van der Waals surface area contributed by atoms with Gasteiger partial charge < -0.3 is 10.4 Å². The molecule has 0 aromatic heterocycles. The van der Waals surface area contributed by atoms with Crippen molar-refractivity contribution < 1.29 is 5.11 Å². The van der Waals surface area contributed by atoms with Crippen LogP contribution >= 0.6 is 11.8 Å². The van der Waals surface area contributed by atoms with Crippen LogP contribution in [-0.2, 0) is 6.42 Å². The summed E-state index contributed by atoms with van der Waals surface area (Å²) in [6, 6.07) is 6.54. The van der Waals surface area contributed by atoms with E-state index in [2.05, 4.69) is 17.4 Å². The van der Waals surface area contributed by atoms with Crippen LogP contribution in [0.4, 0.5) is 0 Å². The summed E-state index contributed by atoms with van der Waals surface area (Å²) in [6.07, 6.45) is 6.79. The van der Waals surface area contributed by atoms with Gasteiger partial charge in [0.25, 0.3) is 0 Å². The minimum atomic E-state index is 0.444. The van der Waals surface area contributed by atoms with Crippen molar-refractivity contribution in [2.24, 2.45) is 0 Å². The first-order valence-corrected chi connectivity index (χ1v) is 7.11. The molecule has 2 rings (SSSR count). The number of phenolic OH excluding ortho intramolecular Hbond substituents is 1. The van der Waals surface area contributed by atoms with Crippen molar-refractivity contribution in [1.29, 1.82) is 0 Å². The first-order valence-electron chi connectivity index (χ1n) is 5.89. The highest BCUT2D eigenvalue weighted by atomic mass is 32.2. The van der Waals surface area contributed by atoms with E-state index in [4.69, 9.17) is 0 Å². The molecule has 1 aromatic rings. The maximum atomic E-state index is 9.91. The fourth-order valence-electron chi connectivity index (χ4n) is 2.21. The van der Waals surface area contributed by atoms with Gasteiger partial charge in [-0.05, 0) is 49.8 Å². The van der Waals surface area contributed by atoms with Gasteiger partial charge >= 0.3 is 0 Å². The van der Waals surface area contributed by atoms with Crippen LogP contribution in [0.15, 0.2) is 23.1 Å². The molecular formula is C13H19NOS. The van der Waals surface area contributed by atoms with Crippen LogP contribution in [0.1, 0.15) is 24.8 Å². The molecular weight excluding hydrogens is 218 g/mol. The molecule has 0 spiro atoms. The quantitative estimate of drug-likeness (QED) is 0.793. The zero-order valence-corrected chi connectivity index (χ0v) is 10.5. The Morgan fingerprint density at radius 1 is 1.44 bits per heavy atom. The van der Waals surface area contributed by atoms with Gasteiger partial charge in [-0.15, -0.1) is 11.8 Å². The largest absolute Gasteiger partial charge is 0.508 e. The molecule has 1 aliphatic rings. The molecule has 3 heteroatoms. The Kier molecular flexibility index (Phi) is 4.13. The zero-order valence-electron chi connectivity index (χ0n) is 9.70. The lowest BCUT2D eigenvalue weighted by Crippen LogP contribution is -2.35. The Hall–Kier alpha value is -0.670. The number of benzene rings is 1. The number of hydrogen-bond donors (Lipinski definition) is 2. The van der Waals surface area contributed by atoms with Gasteiger partial charge in [-0.3, -0.25) is 0 Å². The molecule has 0 aliphatic carbocycles. The van der Waals surface area contributed by atoms with Crippen molar-refractivity contribution in [2.45, 2.75) is 36.6 Å². The lowest BCUT2D eigenvalue weighted by molar-refractivity contribution is 0.391. The average molecular weight is 237 g/mol. The molecule has 0 saturated carbocycles. The summed E-state index contributed by atoms with van der Waals surface area (Å²) in [5, 5.41) is 13.4. The molecule has 1 aliphatic heterocycles. The Balaban J connectivity index is 2.03. The third-order valence-corrected chi connectivity index (χ3v) is 3.90.